The fourth-order valence-corrected chi connectivity index (χ4v) is 6.96. The number of urea groups is 1. The highest BCUT2D eigenvalue weighted by Gasteiger charge is 2.60. The summed E-state index contributed by atoms with van der Waals surface area (Å²) in [7, 11) is 0. The number of carbonyl (C=O) groups excluding carboxylic acids is 1. The van der Waals surface area contributed by atoms with Crippen molar-refractivity contribution in [2.45, 2.75) is 64.3 Å². The predicted octanol–water partition coefficient (Wildman–Crippen LogP) is 7.74. The first-order valence-corrected chi connectivity index (χ1v) is 14.6. The molecule has 2 amide bonds. The SMILES string of the molecule is CC(C)(C)CC1CN(C(=O)NCC2CCC(C(=O)O)CC2)C(c2cccc(Cl)c2F)C1(C#N)c1ccc(Cl)cc1F. The molecule has 0 radical (unpaired) electrons. The van der Waals surface area contributed by atoms with Gasteiger partial charge in [-0.1, -0.05) is 62.2 Å². The topological polar surface area (TPSA) is 93.4 Å². The number of nitriles is 1. The zero-order valence-electron chi connectivity index (χ0n) is 23.4. The van der Waals surface area contributed by atoms with Gasteiger partial charge in [0.05, 0.1) is 23.1 Å². The van der Waals surface area contributed by atoms with Gasteiger partial charge in [-0.15, -0.1) is 0 Å². The van der Waals surface area contributed by atoms with E-state index >= 15 is 8.78 Å². The maximum Gasteiger partial charge on any atom is 0.318 e. The Labute approximate surface area is 249 Å². The highest BCUT2D eigenvalue weighted by molar-refractivity contribution is 6.31. The minimum atomic E-state index is -1.65. The van der Waals surface area contributed by atoms with Crippen molar-refractivity contribution in [1.82, 2.24) is 10.2 Å². The number of carboxylic acids is 1. The molecule has 2 aliphatic rings. The van der Waals surface area contributed by atoms with Gasteiger partial charge < -0.3 is 15.3 Å². The molecule has 10 heteroatoms. The van der Waals surface area contributed by atoms with Crippen molar-refractivity contribution in [3.63, 3.8) is 0 Å². The van der Waals surface area contributed by atoms with Crippen molar-refractivity contribution < 1.29 is 23.5 Å². The zero-order chi connectivity index (χ0) is 30.1. The highest BCUT2D eigenvalue weighted by Crippen LogP contribution is 2.56. The van der Waals surface area contributed by atoms with Crippen LogP contribution in [0.5, 0.6) is 0 Å². The Bertz CT molecular complexity index is 1350. The second-order valence-corrected chi connectivity index (χ2v) is 13.4. The van der Waals surface area contributed by atoms with Crippen molar-refractivity contribution in [3.05, 3.63) is 69.2 Å². The number of hydrogen-bond acceptors (Lipinski definition) is 3. The first-order chi connectivity index (χ1) is 19.3. The van der Waals surface area contributed by atoms with E-state index in [1.54, 1.807) is 6.07 Å². The van der Waals surface area contributed by atoms with E-state index < -0.39 is 41.0 Å². The number of rotatable bonds is 6. The lowest BCUT2D eigenvalue weighted by molar-refractivity contribution is -0.143. The van der Waals surface area contributed by atoms with E-state index in [1.807, 2.05) is 20.8 Å². The van der Waals surface area contributed by atoms with Crippen LogP contribution in [0.1, 0.15) is 70.0 Å². The van der Waals surface area contributed by atoms with Gasteiger partial charge in [0, 0.05) is 35.2 Å². The summed E-state index contributed by atoms with van der Waals surface area (Å²) in [6.45, 7) is 6.39. The smallest absolute Gasteiger partial charge is 0.318 e. The molecule has 6 nitrogen and oxygen atoms in total. The lowest BCUT2D eigenvalue weighted by Gasteiger charge is -2.38. The van der Waals surface area contributed by atoms with Crippen LogP contribution in [0.15, 0.2) is 36.4 Å². The highest BCUT2D eigenvalue weighted by atomic mass is 35.5. The van der Waals surface area contributed by atoms with Crippen LogP contribution in [0.4, 0.5) is 13.6 Å². The second-order valence-electron chi connectivity index (χ2n) is 12.5. The van der Waals surface area contributed by atoms with Crippen molar-refractivity contribution in [3.8, 4) is 6.07 Å². The fourth-order valence-electron chi connectivity index (χ4n) is 6.62. The third kappa shape index (κ3) is 6.32. The third-order valence-electron chi connectivity index (χ3n) is 8.50. The summed E-state index contributed by atoms with van der Waals surface area (Å²) >= 11 is 12.3. The molecule has 2 aromatic carbocycles. The van der Waals surface area contributed by atoms with E-state index in [0.29, 0.717) is 38.6 Å². The molecule has 2 fully saturated rings. The number of nitrogens with one attached hydrogen (secondary N) is 1. The number of carbonyl (C=O) groups is 2. The van der Waals surface area contributed by atoms with Crippen molar-refractivity contribution in [2.75, 3.05) is 13.1 Å². The van der Waals surface area contributed by atoms with Gasteiger partial charge in [0.2, 0.25) is 0 Å². The molecule has 1 heterocycles. The van der Waals surface area contributed by atoms with Gasteiger partial charge in [-0.25, -0.2) is 13.6 Å². The monoisotopic (exact) mass is 605 g/mol. The summed E-state index contributed by atoms with van der Waals surface area (Å²) in [6, 6.07) is 9.17. The normalized spacial score (nSPS) is 26.4. The molecule has 1 aliphatic carbocycles. The van der Waals surface area contributed by atoms with E-state index in [4.69, 9.17) is 23.2 Å². The molecule has 0 bridgehead atoms. The third-order valence-corrected chi connectivity index (χ3v) is 9.03. The summed E-state index contributed by atoms with van der Waals surface area (Å²) in [5.74, 6) is -3.11. The van der Waals surface area contributed by atoms with Gasteiger partial charge in [0.1, 0.15) is 17.0 Å². The van der Waals surface area contributed by atoms with E-state index in [0.717, 1.165) is 6.07 Å². The second kappa shape index (κ2) is 12.1. The molecule has 3 atom stereocenters. The Hall–Kier alpha value is -2.89. The number of likely N-dealkylation sites (tertiary alicyclic amines) is 1. The van der Waals surface area contributed by atoms with Crippen molar-refractivity contribution in [2.24, 2.45) is 23.2 Å². The van der Waals surface area contributed by atoms with E-state index in [9.17, 15) is 20.0 Å². The van der Waals surface area contributed by atoms with Crippen LogP contribution in [0, 0.1) is 46.1 Å². The average molecular weight is 607 g/mol. The number of amides is 2. The maximum atomic E-state index is 15.7. The minimum absolute atomic E-state index is 0.0296. The first kappa shape index (κ1) is 31.1. The Balaban J connectivity index is 1.78. The Morgan fingerprint density at radius 2 is 1.83 bits per heavy atom. The number of halogens is 4. The Kier molecular flexibility index (Phi) is 9.20. The van der Waals surface area contributed by atoms with Crippen LogP contribution >= 0.6 is 23.2 Å². The molecule has 1 aliphatic heterocycles. The number of nitrogens with zero attached hydrogens (tertiary/aromatic N) is 2. The van der Waals surface area contributed by atoms with E-state index in [2.05, 4.69) is 11.4 Å². The zero-order valence-corrected chi connectivity index (χ0v) is 24.9. The number of benzene rings is 2. The standard InChI is InChI=1S/C31H35Cl2F2N3O3/c1-30(2,3)14-20-16-38(29(41)37-15-18-7-9-19(10-8-18)28(39)40)27(22-5-4-6-24(33)26(22)35)31(20,17-36)23-12-11-21(32)13-25(23)34/h4-6,11-13,18-20,27H,7-10,14-16H2,1-3H3,(H,37,41)(H,39,40). The summed E-state index contributed by atoms with van der Waals surface area (Å²) < 4.78 is 31.4. The van der Waals surface area contributed by atoms with Gasteiger partial charge in [-0.3, -0.25) is 4.79 Å². The van der Waals surface area contributed by atoms with Crippen molar-refractivity contribution in [1.29, 1.82) is 5.26 Å². The van der Waals surface area contributed by atoms with E-state index in [-0.39, 0.29) is 45.0 Å². The minimum Gasteiger partial charge on any atom is -0.481 e. The van der Waals surface area contributed by atoms with Crippen molar-refractivity contribution >= 4 is 35.2 Å². The van der Waals surface area contributed by atoms with Crippen LogP contribution in [0.2, 0.25) is 10.0 Å². The number of aliphatic carboxylic acids is 1. The Morgan fingerprint density at radius 1 is 1.15 bits per heavy atom. The lowest BCUT2D eigenvalue weighted by Crippen LogP contribution is -2.45. The first-order valence-electron chi connectivity index (χ1n) is 13.9. The van der Waals surface area contributed by atoms with Gasteiger partial charge in [0.25, 0.3) is 0 Å². The largest absolute Gasteiger partial charge is 0.481 e. The van der Waals surface area contributed by atoms with Gasteiger partial charge >= 0.3 is 12.0 Å². The average Bonchev–Trinajstić information content (AvgIpc) is 3.22. The van der Waals surface area contributed by atoms with Crippen LogP contribution < -0.4 is 5.32 Å². The van der Waals surface area contributed by atoms with Crippen LogP contribution in [0.25, 0.3) is 0 Å². The molecule has 220 valence electrons. The lowest BCUT2D eigenvalue weighted by atomic mass is 9.63. The summed E-state index contributed by atoms with van der Waals surface area (Å²) in [5, 5.41) is 23.2. The van der Waals surface area contributed by atoms with Crippen LogP contribution in [-0.4, -0.2) is 35.1 Å². The molecule has 4 rings (SSSR count). The fraction of sp³-hybridized carbons (Fsp3) is 0.516. The van der Waals surface area contributed by atoms with Crippen LogP contribution in [-0.2, 0) is 10.2 Å². The number of hydrogen-bond donors (Lipinski definition) is 2. The molecular weight excluding hydrogens is 571 g/mol. The molecule has 0 spiro atoms. The van der Waals surface area contributed by atoms with Crippen LogP contribution in [0.3, 0.4) is 0 Å². The van der Waals surface area contributed by atoms with Gasteiger partial charge in [0.15, 0.2) is 0 Å². The van der Waals surface area contributed by atoms with E-state index in [1.165, 1.54) is 29.2 Å². The molecule has 0 aromatic heterocycles. The number of carboxylic acid groups (broad SMARTS) is 1. The Morgan fingerprint density at radius 3 is 2.41 bits per heavy atom. The molecule has 1 saturated heterocycles. The molecule has 2 N–H and O–H groups in total. The summed E-state index contributed by atoms with van der Waals surface area (Å²) in [4.78, 5) is 26.6. The van der Waals surface area contributed by atoms with Gasteiger partial charge in [-0.05, 0) is 61.6 Å². The summed E-state index contributed by atoms with van der Waals surface area (Å²) in [6.07, 6.45) is 2.85. The quantitative estimate of drug-likeness (QED) is 0.352. The predicted molar refractivity (Wildman–Crippen MR) is 154 cm³/mol. The molecule has 2 aromatic rings. The van der Waals surface area contributed by atoms with Gasteiger partial charge in [-0.2, -0.15) is 5.26 Å². The molecule has 3 unspecified atom stereocenters. The summed E-state index contributed by atoms with van der Waals surface area (Å²) in [5.41, 5.74) is -1.88. The molecular formula is C31H35Cl2F2N3O3. The molecule has 41 heavy (non-hydrogen) atoms. The molecule has 1 saturated carbocycles. The maximum absolute atomic E-state index is 15.7.